The van der Waals surface area contributed by atoms with E-state index in [0.717, 1.165) is 24.2 Å². The van der Waals surface area contributed by atoms with Gasteiger partial charge in [0.25, 0.3) is 0 Å². The van der Waals surface area contributed by atoms with Crippen LogP contribution in [0.2, 0.25) is 0 Å². The number of aliphatic carboxylic acids is 1. The Kier molecular flexibility index (Phi) is 7.15. The molecular formula is C15H21NO3S. The van der Waals surface area contributed by atoms with Crippen molar-refractivity contribution in [1.29, 1.82) is 0 Å². The van der Waals surface area contributed by atoms with Crippen molar-refractivity contribution in [1.82, 2.24) is 0 Å². The standard InChI is InChI=1S/C15H21NO3S/c1-3-4-9-20-11-14(17)16(10-15(18)19)13-7-5-12(2)6-8-13/h5-8H,3-4,9-11H2,1-2H3,(H,18,19). The van der Waals surface area contributed by atoms with E-state index in [9.17, 15) is 9.59 Å². The Labute approximate surface area is 124 Å². The summed E-state index contributed by atoms with van der Waals surface area (Å²) in [6.45, 7) is 3.76. The molecule has 1 N–H and O–H groups in total. The molecule has 1 aromatic carbocycles. The van der Waals surface area contributed by atoms with Gasteiger partial charge in [-0.3, -0.25) is 9.59 Å². The lowest BCUT2D eigenvalue weighted by molar-refractivity contribution is -0.136. The highest BCUT2D eigenvalue weighted by Gasteiger charge is 2.18. The van der Waals surface area contributed by atoms with Crippen LogP contribution >= 0.6 is 11.8 Å². The van der Waals surface area contributed by atoms with Gasteiger partial charge in [-0.1, -0.05) is 31.0 Å². The summed E-state index contributed by atoms with van der Waals surface area (Å²) in [6.07, 6.45) is 2.17. The summed E-state index contributed by atoms with van der Waals surface area (Å²) in [5, 5.41) is 8.96. The fourth-order valence-electron chi connectivity index (χ4n) is 1.67. The largest absolute Gasteiger partial charge is 0.480 e. The molecule has 4 nitrogen and oxygen atoms in total. The van der Waals surface area contributed by atoms with Crippen LogP contribution in [0.3, 0.4) is 0 Å². The van der Waals surface area contributed by atoms with Gasteiger partial charge in [0.15, 0.2) is 0 Å². The third kappa shape index (κ3) is 5.65. The zero-order chi connectivity index (χ0) is 15.0. The molecule has 0 bridgehead atoms. The van der Waals surface area contributed by atoms with Crippen molar-refractivity contribution in [3.63, 3.8) is 0 Å². The van der Waals surface area contributed by atoms with E-state index in [2.05, 4.69) is 6.92 Å². The highest BCUT2D eigenvalue weighted by molar-refractivity contribution is 7.99. The normalized spacial score (nSPS) is 10.3. The molecule has 0 saturated carbocycles. The average molecular weight is 295 g/mol. The Morgan fingerprint density at radius 2 is 1.90 bits per heavy atom. The summed E-state index contributed by atoms with van der Waals surface area (Å²) in [5.74, 6) is 0.0907. The third-order valence-electron chi connectivity index (χ3n) is 2.81. The van der Waals surface area contributed by atoms with E-state index in [1.807, 2.05) is 19.1 Å². The summed E-state index contributed by atoms with van der Waals surface area (Å²) in [6, 6.07) is 7.32. The first-order chi connectivity index (χ1) is 9.54. The predicted octanol–water partition coefficient (Wildman–Crippen LogP) is 2.95. The van der Waals surface area contributed by atoms with Gasteiger partial charge in [0, 0.05) is 5.69 Å². The van der Waals surface area contributed by atoms with Crippen molar-refractivity contribution >= 4 is 29.3 Å². The third-order valence-corrected chi connectivity index (χ3v) is 3.84. The molecule has 0 aliphatic rings. The fraction of sp³-hybridized carbons (Fsp3) is 0.467. The summed E-state index contributed by atoms with van der Waals surface area (Å²) < 4.78 is 0. The molecule has 1 rings (SSSR count). The van der Waals surface area contributed by atoms with Crippen molar-refractivity contribution in [3.8, 4) is 0 Å². The maximum atomic E-state index is 12.2. The number of aryl methyl sites for hydroxylation is 1. The van der Waals surface area contributed by atoms with Crippen LogP contribution in [-0.2, 0) is 9.59 Å². The molecule has 0 unspecified atom stereocenters. The van der Waals surface area contributed by atoms with Gasteiger partial charge in [-0.25, -0.2) is 0 Å². The maximum absolute atomic E-state index is 12.2. The Balaban J connectivity index is 2.70. The van der Waals surface area contributed by atoms with Crippen LogP contribution < -0.4 is 4.90 Å². The Hall–Kier alpha value is -1.49. The topological polar surface area (TPSA) is 57.6 Å². The number of carbonyl (C=O) groups excluding carboxylic acids is 1. The van der Waals surface area contributed by atoms with Crippen LogP contribution in [-0.4, -0.2) is 35.0 Å². The number of thioether (sulfide) groups is 1. The van der Waals surface area contributed by atoms with Gasteiger partial charge in [0.05, 0.1) is 5.75 Å². The fourth-order valence-corrected chi connectivity index (χ4v) is 2.63. The first-order valence-electron chi connectivity index (χ1n) is 6.71. The smallest absolute Gasteiger partial charge is 0.323 e. The molecule has 5 heteroatoms. The molecule has 0 aromatic heterocycles. The SMILES string of the molecule is CCCCSCC(=O)N(CC(=O)O)c1ccc(C)cc1. The maximum Gasteiger partial charge on any atom is 0.323 e. The molecule has 0 aliphatic carbocycles. The average Bonchev–Trinajstić information content (AvgIpc) is 2.42. The minimum absolute atomic E-state index is 0.155. The van der Waals surface area contributed by atoms with Gasteiger partial charge in [0.1, 0.15) is 6.54 Å². The number of amides is 1. The highest BCUT2D eigenvalue weighted by Crippen LogP contribution is 2.17. The van der Waals surface area contributed by atoms with Crippen LogP contribution in [0, 0.1) is 6.92 Å². The van der Waals surface area contributed by atoms with E-state index >= 15 is 0 Å². The monoisotopic (exact) mass is 295 g/mol. The zero-order valence-electron chi connectivity index (χ0n) is 12.0. The van der Waals surface area contributed by atoms with Crippen molar-refractivity contribution in [2.75, 3.05) is 23.0 Å². The molecule has 0 saturated heterocycles. The second-order valence-electron chi connectivity index (χ2n) is 4.62. The highest BCUT2D eigenvalue weighted by atomic mass is 32.2. The van der Waals surface area contributed by atoms with Gasteiger partial charge >= 0.3 is 5.97 Å². The molecule has 0 radical (unpaired) electrons. The summed E-state index contributed by atoms with van der Waals surface area (Å²) in [7, 11) is 0. The number of benzene rings is 1. The predicted molar refractivity (Wildman–Crippen MR) is 83.4 cm³/mol. The lowest BCUT2D eigenvalue weighted by Gasteiger charge is -2.21. The van der Waals surface area contributed by atoms with Gasteiger partial charge < -0.3 is 10.0 Å². The van der Waals surface area contributed by atoms with Crippen molar-refractivity contribution < 1.29 is 14.7 Å². The molecule has 0 fully saturated rings. The van der Waals surface area contributed by atoms with Gasteiger partial charge in [-0.2, -0.15) is 11.8 Å². The zero-order valence-corrected chi connectivity index (χ0v) is 12.8. The molecule has 0 atom stereocenters. The number of unbranched alkanes of at least 4 members (excludes halogenated alkanes) is 1. The first-order valence-corrected chi connectivity index (χ1v) is 7.86. The first kappa shape index (κ1) is 16.6. The van der Waals surface area contributed by atoms with Crippen LogP contribution in [0.1, 0.15) is 25.3 Å². The molecule has 0 heterocycles. The van der Waals surface area contributed by atoms with E-state index in [-0.39, 0.29) is 12.5 Å². The summed E-state index contributed by atoms with van der Waals surface area (Å²) in [5.41, 5.74) is 1.72. The van der Waals surface area contributed by atoms with Crippen molar-refractivity contribution in [2.45, 2.75) is 26.7 Å². The van der Waals surface area contributed by atoms with Crippen LogP contribution in [0.4, 0.5) is 5.69 Å². The number of anilines is 1. The van der Waals surface area contributed by atoms with Gasteiger partial charge in [-0.05, 0) is 31.2 Å². The molecule has 0 spiro atoms. The molecule has 110 valence electrons. The molecule has 1 aromatic rings. The summed E-state index contributed by atoms with van der Waals surface area (Å²) >= 11 is 1.56. The number of rotatable bonds is 8. The molecule has 1 amide bonds. The van der Waals surface area contributed by atoms with Crippen LogP contribution in [0.5, 0.6) is 0 Å². The lowest BCUT2D eigenvalue weighted by Crippen LogP contribution is -2.37. The van der Waals surface area contributed by atoms with E-state index in [0.29, 0.717) is 11.4 Å². The van der Waals surface area contributed by atoms with E-state index in [4.69, 9.17) is 5.11 Å². The molecule has 20 heavy (non-hydrogen) atoms. The molecular weight excluding hydrogens is 274 g/mol. The van der Waals surface area contributed by atoms with E-state index in [1.54, 1.807) is 23.9 Å². The quantitative estimate of drug-likeness (QED) is 0.749. The minimum atomic E-state index is -1.00. The Bertz CT molecular complexity index is 445. The number of hydrogen-bond acceptors (Lipinski definition) is 3. The Morgan fingerprint density at radius 3 is 2.45 bits per heavy atom. The molecule has 0 aliphatic heterocycles. The lowest BCUT2D eigenvalue weighted by atomic mass is 10.2. The van der Waals surface area contributed by atoms with E-state index < -0.39 is 5.97 Å². The second-order valence-corrected chi connectivity index (χ2v) is 5.72. The number of nitrogens with zero attached hydrogens (tertiary/aromatic N) is 1. The minimum Gasteiger partial charge on any atom is -0.480 e. The number of hydrogen-bond donors (Lipinski definition) is 1. The summed E-state index contributed by atoms with van der Waals surface area (Å²) in [4.78, 5) is 24.4. The van der Waals surface area contributed by atoms with Crippen LogP contribution in [0.25, 0.3) is 0 Å². The number of carboxylic acids is 1. The number of carbonyl (C=O) groups is 2. The van der Waals surface area contributed by atoms with E-state index in [1.165, 1.54) is 4.90 Å². The van der Waals surface area contributed by atoms with Gasteiger partial charge in [0.2, 0.25) is 5.91 Å². The van der Waals surface area contributed by atoms with Gasteiger partial charge in [-0.15, -0.1) is 0 Å². The van der Waals surface area contributed by atoms with Crippen LogP contribution in [0.15, 0.2) is 24.3 Å². The second kappa shape index (κ2) is 8.64. The number of carboxylic acid groups (broad SMARTS) is 1. The Morgan fingerprint density at radius 1 is 1.25 bits per heavy atom. The van der Waals surface area contributed by atoms with Crippen molar-refractivity contribution in [2.24, 2.45) is 0 Å². The van der Waals surface area contributed by atoms with Crippen molar-refractivity contribution in [3.05, 3.63) is 29.8 Å².